The number of nitrogens with zero attached hydrogens (tertiary/aromatic N) is 4. The van der Waals surface area contributed by atoms with E-state index in [2.05, 4.69) is 203 Å². The molecular weight excluding hydrogens is 753 g/mol. The fraction of sp³-hybridized carbons (Fsp3) is 0.0345. The lowest BCUT2D eigenvalue weighted by Crippen LogP contribution is -2.02. The largest absolute Gasteiger partial charge is 0.313 e. The monoisotopic (exact) mass is 792 g/mol. The van der Waals surface area contributed by atoms with Gasteiger partial charge in [-0.1, -0.05) is 152 Å². The van der Waals surface area contributed by atoms with E-state index in [-0.39, 0.29) is 0 Å². The zero-order valence-electron chi connectivity index (χ0n) is 34.0. The van der Waals surface area contributed by atoms with Crippen molar-refractivity contribution in [2.45, 2.75) is 12.8 Å². The molecular formula is C58H40N4. The summed E-state index contributed by atoms with van der Waals surface area (Å²) in [6, 6.07) is 73.9. The van der Waals surface area contributed by atoms with E-state index in [1.54, 1.807) is 0 Å². The van der Waals surface area contributed by atoms with Crippen molar-refractivity contribution in [1.29, 1.82) is 0 Å². The molecule has 292 valence electrons. The van der Waals surface area contributed by atoms with Gasteiger partial charge in [0.15, 0.2) is 5.82 Å². The second kappa shape index (κ2) is 14.9. The highest BCUT2D eigenvalue weighted by molar-refractivity contribution is 6.12. The van der Waals surface area contributed by atoms with Gasteiger partial charge in [-0.3, -0.25) is 0 Å². The van der Waals surface area contributed by atoms with E-state index in [1.807, 2.05) is 24.3 Å². The van der Waals surface area contributed by atoms with Gasteiger partial charge in [-0.15, -0.1) is 0 Å². The van der Waals surface area contributed by atoms with Crippen molar-refractivity contribution in [3.8, 4) is 67.5 Å². The first-order chi connectivity index (χ1) is 30.7. The van der Waals surface area contributed by atoms with Crippen LogP contribution in [0.15, 0.2) is 212 Å². The molecule has 0 fully saturated rings. The summed E-state index contributed by atoms with van der Waals surface area (Å²) < 4.78 is 4.87. The molecule has 62 heavy (non-hydrogen) atoms. The van der Waals surface area contributed by atoms with Gasteiger partial charge < -0.3 is 9.13 Å². The minimum absolute atomic E-state index is 0.705. The maximum atomic E-state index is 5.18. The van der Waals surface area contributed by atoms with Crippen LogP contribution in [0.4, 0.5) is 0 Å². The first-order valence-corrected chi connectivity index (χ1v) is 21.4. The summed E-state index contributed by atoms with van der Waals surface area (Å²) in [5, 5.41) is 3.72. The standard InChI is InChI=1S/C58H40N4/c1-5-16-39(17-6-1)42-28-31-56-50(35-42)51-37-44(43-29-32-55-49(36-43)48-26-13-14-27-54(48)61(55)46-23-11-4-12-24-46)30-33-57(51)62(56)47-25-15-22-45(34-47)53-38-52(40-18-7-2-8-19-40)59-58(60-53)41-20-9-3-10-21-41/h1-13,15-26,28-38H,14,27H2. The topological polar surface area (TPSA) is 35.6 Å². The SMILES string of the molecule is C1=Cc2c(n(-c3ccccc3)c3ccc(-c4ccc5c(c4)c4cc(-c6ccccc6)ccc4n5-c4cccc(-c5cc(-c6ccccc6)nc(-c6ccccc6)n5)c4)cc23)CC1. The Labute approximate surface area is 360 Å². The van der Waals surface area contributed by atoms with Crippen LogP contribution in [0.1, 0.15) is 17.7 Å². The normalized spacial score (nSPS) is 12.3. The first-order valence-electron chi connectivity index (χ1n) is 21.4. The van der Waals surface area contributed by atoms with Crippen LogP contribution in [0.2, 0.25) is 0 Å². The molecule has 0 saturated carbocycles. The van der Waals surface area contributed by atoms with Crippen molar-refractivity contribution >= 4 is 38.8 Å². The van der Waals surface area contributed by atoms with Crippen LogP contribution >= 0.6 is 0 Å². The molecule has 1 aliphatic rings. The minimum Gasteiger partial charge on any atom is -0.313 e. The Hall–Kier alpha value is -8.08. The molecule has 0 spiro atoms. The van der Waals surface area contributed by atoms with Gasteiger partial charge in [0.2, 0.25) is 0 Å². The van der Waals surface area contributed by atoms with Crippen LogP contribution < -0.4 is 0 Å². The predicted molar refractivity (Wildman–Crippen MR) is 258 cm³/mol. The number of rotatable bonds is 7. The van der Waals surface area contributed by atoms with Crippen molar-refractivity contribution in [3.63, 3.8) is 0 Å². The van der Waals surface area contributed by atoms with Gasteiger partial charge in [0.25, 0.3) is 0 Å². The van der Waals surface area contributed by atoms with E-state index >= 15 is 0 Å². The summed E-state index contributed by atoms with van der Waals surface area (Å²) in [4.78, 5) is 10.2. The van der Waals surface area contributed by atoms with Crippen molar-refractivity contribution in [1.82, 2.24) is 19.1 Å². The molecule has 12 rings (SSSR count). The molecule has 0 amide bonds. The van der Waals surface area contributed by atoms with Gasteiger partial charge in [0, 0.05) is 55.5 Å². The second-order valence-corrected chi connectivity index (χ2v) is 16.1. The number of benzene rings is 8. The third kappa shape index (κ3) is 6.15. The lowest BCUT2D eigenvalue weighted by molar-refractivity contribution is 0.888. The maximum Gasteiger partial charge on any atom is 0.160 e. The summed E-state index contributed by atoms with van der Waals surface area (Å²) in [7, 11) is 0. The molecule has 11 aromatic rings. The summed E-state index contributed by atoms with van der Waals surface area (Å²) in [5.74, 6) is 0.705. The van der Waals surface area contributed by atoms with E-state index in [4.69, 9.17) is 9.97 Å². The Morgan fingerprint density at radius 3 is 1.50 bits per heavy atom. The van der Waals surface area contributed by atoms with Crippen LogP contribution in [-0.2, 0) is 6.42 Å². The Morgan fingerprint density at radius 2 is 0.855 bits per heavy atom. The van der Waals surface area contributed by atoms with Crippen molar-refractivity contribution < 1.29 is 0 Å². The smallest absolute Gasteiger partial charge is 0.160 e. The molecule has 0 aliphatic heterocycles. The zero-order chi connectivity index (χ0) is 41.0. The summed E-state index contributed by atoms with van der Waals surface area (Å²) in [6.07, 6.45) is 6.73. The third-order valence-electron chi connectivity index (χ3n) is 12.4. The molecule has 3 heterocycles. The van der Waals surface area contributed by atoms with E-state index < -0.39 is 0 Å². The third-order valence-corrected chi connectivity index (χ3v) is 12.4. The van der Waals surface area contributed by atoms with E-state index in [9.17, 15) is 0 Å². The minimum atomic E-state index is 0.705. The van der Waals surface area contributed by atoms with Crippen molar-refractivity contribution in [3.05, 3.63) is 224 Å². The van der Waals surface area contributed by atoms with Gasteiger partial charge in [0.1, 0.15) is 0 Å². The Bertz CT molecular complexity index is 3430. The molecule has 0 saturated heterocycles. The average Bonchev–Trinajstić information content (AvgIpc) is 3.87. The lowest BCUT2D eigenvalue weighted by atomic mass is 9.97. The molecule has 0 N–H and O–H groups in total. The van der Waals surface area contributed by atoms with Crippen LogP contribution in [0, 0.1) is 0 Å². The molecule has 0 radical (unpaired) electrons. The fourth-order valence-electron chi connectivity index (χ4n) is 9.44. The van der Waals surface area contributed by atoms with Crippen molar-refractivity contribution in [2.24, 2.45) is 0 Å². The predicted octanol–water partition coefficient (Wildman–Crippen LogP) is 14.8. The molecule has 0 atom stereocenters. The van der Waals surface area contributed by atoms with Gasteiger partial charge in [-0.2, -0.15) is 0 Å². The van der Waals surface area contributed by atoms with Crippen LogP contribution in [0.25, 0.3) is 106 Å². The van der Waals surface area contributed by atoms with Crippen molar-refractivity contribution in [2.75, 3.05) is 0 Å². The summed E-state index contributed by atoms with van der Waals surface area (Å²) in [6.45, 7) is 0. The van der Waals surface area contributed by atoms with Gasteiger partial charge in [0.05, 0.1) is 27.9 Å². The van der Waals surface area contributed by atoms with E-state index in [1.165, 1.54) is 60.9 Å². The molecule has 0 unspecified atom stereocenters. The van der Waals surface area contributed by atoms with Crippen LogP contribution in [0.3, 0.4) is 0 Å². The number of hydrogen-bond acceptors (Lipinski definition) is 2. The second-order valence-electron chi connectivity index (χ2n) is 16.1. The van der Waals surface area contributed by atoms with E-state index in [0.717, 1.165) is 57.6 Å². The highest BCUT2D eigenvalue weighted by Gasteiger charge is 2.21. The average molecular weight is 793 g/mol. The lowest BCUT2D eigenvalue weighted by Gasteiger charge is -2.13. The Morgan fingerprint density at radius 1 is 0.355 bits per heavy atom. The Balaban J connectivity index is 1.03. The zero-order valence-corrected chi connectivity index (χ0v) is 34.0. The molecule has 3 aromatic heterocycles. The number of fused-ring (bicyclic) bond motifs is 6. The molecule has 8 aromatic carbocycles. The molecule has 4 heteroatoms. The van der Waals surface area contributed by atoms with Gasteiger partial charge >= 0.3 is 0 Å². The fourth-order valence-corrected chi connectivity index (χ4v) is 9.44. The number of hydrogen-bond donors (Lipinski definition) is 0. The quantitative estimate of drug-likeness (QED) is 0.161. The van der Waals surface area contributed by atoms with Gasteiger partial charge in [-0.25, -0.2) is 9.97 Å². The summed E-state index contributed by atoms with van der Waals surface area (Å²) >= 11 is 0. The Kier molecular flexibility index (Phi) is 8.60. The van der Waals surface area contributed by atoms with Gasteiger partial charge in [-0.05, 0) is 102 Å². The first kappa shape index (κ1) is 35.8. The highest BCUT2D eigenvalue weighted by atomic mass is 15.0. The van der Waals surface area contributed by atoms with E-state index in [0.29, 0.717) is 5.82 Å². The molecule has 1 aliphatic carbocycles. The van der Waals surface area contributed by atoms with Crippen LogP contribution in [0.5, 0.6) is 0 Å². The molecule has 4 nitrogen and oxygen atoms in total. The number of allylic oxidation sites excluding steroid dienone is 1. The number of para-hydroxylation sites is 1. The highest BCUT2D eigenvalue weighted by Crippen LogP contribution is 2.40. The molecule has 0 bridgehead atoms. The summed E-state index contributed by atoms with van der Waals surface area (Å²) in [5.41, 5.74) is 18.2. The number of aromatic nitrogens is 4. The van der Waals surface area contributed by atoms with Crippen LogP contribution in [-0.4, -0.2) is 19.1 Å². The maximum absolute atomic E-state index is 5.18.